The van der Waals surface area contributed by atoms with Gasteiger partial charge in [-0.1, -0.05) is 29.8 Å². The Balaban J connectivity index is 2.10. The van der Waals surface area contributed by atoms with Crippen LogP contribution in [0.2, 0.25) is 5.02 Å². The highest BCUT2D eigenvalue weighted by molar-refractivity contribution is 6.31. The zero-order chi connectivity index (χ0) is 12.3. The minimum absolute atomic E-state index is 0.145. The molecule has 17 heavy (non-hydrogen) atoms. The summed E-state index contributed by atoms with van der Waals surface area (Å²) in [5.74, 6) is 1.06. The van der Waals surface area contributed by atoms with E-state index in [9.17, 15) is 0 Å². The van der Waals surface area contributed by atoms with Crippen molar-refractivity contribution in [3.05, 3.63) is 40.9 Å². The molecule has 0 unspecified atom stereocenters. The first-order chi connectivity index (χ1) is 8.15. The third-order valence-electron chi connectivity index (χ3n) is 2.18. The minimum atomic E-state index is 0.145. The van der Waals surface area contributed by atoms with Gasteiger partial charge < -0.3 is 16.8 Å². The largest absolute Gasteiger partial charge is 0.383 e. The first kappa shape index (κ1) is 11.5. The molecule has 0 aliphatic heterocycles. The Morgan fingerprint density at radius 1 is 1.18 bits per heavy atom. The van der Waals surface area contributed by atoms with Crippen LogP contribution < -0.4 is 16.8 Å². The number of aromatic nitrogens is 2. The summed E-state index contributed by atoms with van der Waals surface area (Å²) in [6.45, 7) is 0.551. The molecule has 0 saturated carbocycles. The van der Waals surface area contributed by atoms with E-state index < -0.39 is 0 Å². The van der Waals surface area contributed by atoms with Crippen molar-refractivity contribution in [2.75, 3.05) is 16.8 Å². The van der Waals surface area contributed by atoms with Crippen LogP contribution in [-0.4, -0.2) is 9.97 Å². The van der Waals surface area contributed by atoms with Crippen molar-refractivity contribution < 1.29 is 0 Å². The summed E-state index contributed by atoms with van der Waals surface area (Å²) in [7, 11) is 0. The number of nitrogens with zero attached hydrogens (tertiary/aromatic N) is 2. The number of nitrogens with one attached hydrogen (secondary N) is 1. The first-order valence-corrected chi connectivity index (χ1v) is 5.40. The number of hydrogen-bond donors (Lipinski definition) is 3. The number of halogens is 1. The molecule has 1 aromatic carbocycles. The van der Waals surface area contributed by atoms with Crippen LogP contribution in [0.5, 0.6) is 0 Å². The molecule has 0 aliphatic carbocycles. The molecular formula is C11H12ClN5. The van der Waals surface area contributed by atoms with Gasteiger partial charge in [-0.05, 0) is 11.6 Å². The minimum Gasteiger partial charge on any atom is -0.383 e. The molecule has 0 radical (unpaired) electrons. The zero-order valence-electron chi connectivity index (χ0n) is 9.02. The summed E-state index contributed by atoms with van der Waals surface area (Å²) in [6.07, 6.45) is 0. The van der Waals surface area contributed by atoms with Gasteiger partial charge in [0.15, 0.2) is 0 Å². The second-order valence-corrected chi connectivity index (χ2v) is 3.89. The highest BCUT2D eigenvalue weighted by atomic mass is 35.5. The maximum Gasteiger partial charge on any atom is 0.223 e. The fourth-order valence-corrected chi connectivity index (χ4v) is 1.61. The van der Waals surface area contributed by atoms with Crippen molar-refractivity contribution in [2.45, 2.75) is 6.54 Å². The summed E-state index contributed by atoms with van der Waals surface area (Å²) in [5.41, 5.74) is 12.0. The van der Waals surface area contributed by atoms with Crippen LogP contribution >= 0.6 is 11.6 Å². The van der Waals surface area contributed by atoms with E-state index in [2.05, 4.69) is 15.3 Å². The monoisotopic (exact) mass is 249 g/mol. The van der Waals surface area contributed by atoms with Crippen LogP contribution in [0, 0.1) is 0 Å². The predicted molar refractivity (Wildman–Crippen MR) is 69.6 cm³/mol. The normalized spacial score (nSPS) is 10.2. The SMILES string of the molecule is Nc1cc(NCc2ccccc2Cl)nc(N)n1. The fourth-order valence-electron chi connectivity index (χ4n) is 1.40. The van der Waals surface area contributed by atoms with Crippen molar-refractivity contribution >= 4 is 29.2 Å². The lowest BCUT2D eigenvalue weighted by atomic mass is 10.2. The van der Waals surface area contributed by atoms with Crippen molar-refractivity contribution in [1.82, 2.24) is 9.97 Å². The van der Waals surface area contributed by atoms with E-state index >= 15 is 0 Å². The molecule has 2 aromatic rings. The molecule has 0 spiro atoms. The molecule has 1 heterocycles. The van der Waals surface area contributed by atoms with Gasteiger partial charge in [-0.3, -0.25) is 0 Å². The third-order valence-corrected chi connectivity index (χ3v) is 2.55. The molecule has 5 nitrogen and oxygen atoms in total. The van der Waals surface area contributed by atoms with Crippen LogP contribution in [-0.2, 0) is 6.54 Å². The van der Waals surface area contributed by atoms with Gasteiger partial charge in [0.2, 0.25) is 5.95 Å². The molecule has 2 rings (SSSR count). The van der Waals surface area contributed by atoms with Crippen LogP contribution in [0.25, 0.3) is 0 Å². The molecule has 0 saturated heterocycles. The molecule has 0 bridgehead atoms. The number of rotatable bonds is 3. The van der Waals surface area contributed by atoms with Crippen LogP contribution in [0.4, 0.5) is 17.6 Å². The van der Waals surface area contributed by atoms with E-state index in [1.807, 2.05) is 24.3 Å². The summed E-state index contributed by atoms with van der Waals surface area (Å²) in [5, 5.41) is 3.79. The van der Waals surface area contributed by atoms with Gasteiger partial charge in [0.1, 0.15) is 11.6 Å². The standard InChI is InChI=1S/C11H12ClN5/c12-8-4-2-1-3-7(8)6-15-10-5-9(13)16-11(14)17-10/h1-5H,6H2,(H5,13,14,15,16,17). The number of nitrogen functional groups attached to an aromatic ring is 2. The Hall–Kier alpha value is -2.01. The molecule has 0 amide bonds. The Morgan fingerprint density at radius 2 is 1.94 bits per heavy atom. The molecule has 0 fully saturated rings. The van der Waals surface area contributed by atoms with Crippen molar-refractivity contribution in [3.63, 3.8) is 0 Å². The van der Waals surface area contributed by atoms with Crippen molar-refractivity contribution in [2.24, 2.45) is 0 Å². The summed E-state index contributed by atoms with van der Waals surface area (Å²) < 4.78 is 0. The molecule has 0 aliphatic rings. The van der Waals surface area contributed by atoms with Gasteiger partial charge in [-0.2, -0.15) is 9.97 Å². The van der Waals surface area contributed by atoms with Crippen molar-refractivity contribution in [3.8, 4) is 0 Å². The average molecular weight is 250 g/mol. The average Bonchev–Trinajstić information content (AvgIpc) is 2.27. The van der Waals surface area contributed by atoms with Gasteiger partial charge in [-0.25, -0.2) is 0 Å². The maximum absolute atomic E-state index is 6.03. The Bertz CT molecular complexity index is 509. The topological polar surface area (TPSA) is 89.8 Å². The lowest BCUT2D eigenvalue weighted by molar-refractivity contribution is 1.09. The Labute approximate surface area is 104 Å². The van der Waals surface area contributed by atoms with E-state index in [0.29, 0.717) is 23.2 Å². The molecular weight excluding hydrogens is 238 g/mol. The van der Waals surface area contributed by atoms with Crippen LogP contribution in [0.15, 0.2) is 30.3 Å². The number of anilines is 3. The zero-order valence-corrected chi connectivity index (χ0v) is 9.78. The first-order valence-electron chi connectivity index (χ1n) is 5.02. The smallest absolute Gasteiger partial charge is 0.223 e. The van der Waals surface area contributed by atoms with E-state index in [1.54, 1.807) is 6.07 Å². The fraction of sp³-hybridized carbons (Fsp3) is 0.0909. The lowest BCUT2D eigenvalue weighted by Crippen LogP contribution is -2.06. The number of hydrogen-bond acceptors (Lipinski definition) is 5. The molecule has 5 N–H and O–H groups in total. The molecule has 0 atom stereocenters. The van der Waals surface area contributed by atoms with E-state index in [1.165, 1.54) is 0 Å². The number of benzene rings is 1. The maximum atomic E-state index is 6.03. The quantitative estimate of drug-likeness (QED) is 0.773. The van der Waals surface area contributed by atoms with Gasteiger partial charge in [0.25, 0.3) is 0 Å². The Morgan fingerprint density at radius 3 is 2.65 bits per heavy atom. The highest BCUT2D eigenvalue weighted by Crippen LogP contribution is 2.17. The summed E-state index contributed by atoms with van der Waals surface area (Å²) in [6, 6.07) is 9.19. The van der Waals surface area contributed by atoms with E-state index in [-0.39, 0.29) is 5.95 Å². The second-order valence-electron chi connectivity index (χ2n) is 3.48. The highest BCUT2D eigenvalue weighted by Gasteiger charge is 2.01. The van der Waals surface area contributed by atoms with Crippen LogP contribution in [0.3, 0.4) is 0 Å². The molecule has 1 aromatic heterocycles. The second kappa shape index (κ2) is 4.88. The summed E-state index contributed by atoms with van der Waals surface area (Å²) >= 11 is 6.03. The van der Waals surface area contributed by atoms with Gasteiger partial charge in [-0.15, -0.1) is 0 Å². The summed E-state index contributed by atoms with van der Waals surface area (Å²) in [4.78, 5) is 7.80. The van der Waals surface area contributed by atoms with Gasteiger partial charge in [0.05, 0.1) is 0 Å². The Kier molecular flexibility index (Phi) is 3.30. The van der Waals surface area contributed by atoms with E-state index in [4.69, 9.17) is 23.1 Å². The van der Waals surface area contributed by atoms with Crippen LogP contribution in [0.1, 0.15) is 5.56 Å². The lowest BCUT2D eigenvalue weighted by Gasteiger charge is -2.08. The van der Waals surface area contributed by atoms with Gasteiger partial charge in [0, 0.05) is 17.6 Å². The molecule has 88 valence electrons. The molecule has 6 heteroatoms. The third kappa shape index (κ3) is 2.98. The van der Waals surface area contributed by atoms with Gasteiger partial charge >= 0.3 is 0 Å². The number of nitrogens with two attached hydrogens (primary N) is 2. The van der Waals surface area contributed by atoms with Crippen molar-refractivity contribution in [1.29, 1.82) is 0 Å². The van der Waals surface area contributed by atoms with E-state index in [0.717, 1.165) is 5.56 Å². The predicted octanol–water partition coefficient (Wildman–Crippen LogP) is 1.91.